The number of hydrogen-bond acceptors (Lipinski definition) is 2. The normalized spacial score (nSPS) is 11.1. The van der Waals surface area contributed by atoms with Crippen molar-refractivity contribution >= 4 is 12.2 Å². The van der Waals surface area contributed by atoms with E-state index in [1.807, 2.05) is 48.9 Å². The minimum Gasteiger partial charge on any atom is -0.315 e. The van der Waals surface area contributed by atoms with Crippen LogP contribution >= 0.6 is 0 Å². The highest BCUT2D eigenvalue weighted by molar-refractivity contribution is 5.66. The van der Waals surface area contributed by atoms with Crippen LogP contribution in [0.3, 0.4) is 0 Å². The minimum absolute atomic E-state index is 0.872. The van der Waals surface area contributed by atoms with Crippen LogP contribution in [0.4, 0.5) is 0 Å². The van der Waals surface area contributed by atoms with Crippen LogP contribution in [-0.2, 0) is 7.05 Å². The first-order valence-electron chi connectivity index (χ1n) is 4.86. The molecule has 0 radical (unpaired) electrons. The van der Waals surface area contributed by atoms with E-state index in [1.54, 1.807) is 0 Å². The van der Waals surface area contributed by atoms with E-state index in [2.05, 4.69) is 22.3 Å². The average molecular weight is 199 g/mol. The molecule has 0 saturated heterocycles. The predicted octanol–water partition coefficient (Wildman–Crippen LogP) is 2.29. The standard InChI is InChI=1S/C12H13N3/c1-10-13-14-12(15(10)2)9-8-11-6-4-3-5-7-11/h3-9H,1-2H3. The Bertz CT molecular complexity index is 469. The van der Waals surface area contributed by atoms with Gasteiger partial charge in [-0.1, -0.05) is 36.4 Å². The summed E-state index contributed by atoms with van der Waals surface area (Å²) in [6, 6.07) is 10.1. The van der Waals surface area contributed by atoms with Crippen LogP contribution in [0.15, 0.2) is 30.3 Å². The van der Waals surface area contributed by atoms with Gasteiger partial charge in [-0.05, 0) is 18.6 Å². The Labute approximate surface area is 89.1 Å². The zero-order valence-electron chi connectivity index (χ0n) is 8.88. The van der Waals surface area contributed by atoms with Crippen molar-refractivity contribution in [3.05, 3.63) is 47.5 Å². The summed E-state index contributed by atoms with van der Waals surface area (Å²) in [5.41, 5.74) is 1.16. The van der Waals surface area contributed by atoms with Crippen molar-refractivity contribution in [1.29, 1.82) is 0 Å². The summed E-state index contributed by atoms with van der Waals surface area (Å²) in [6.07, 6.45) is 4.00. The summed E-state index contributed by atoms with van der Waals surface area (Å²) in [5, 5.41) is 8.05. The molecule has 0 atom stereocenters. The van der Waals surface area contributed by atoms with Crippen LogP contribution in [0.1, 0.15) is 17.2 Å². The number of nitrogens with zero attached hydrogens (tertiary/aromatic N) is 3. The molecule has 0 aliphatic carbocycles. The van der Waals surface area contributed by atoms with Gasteiger partial charge in [0.25, 0.3) is 0 Å². The van der Waals surface area contributed by atoms with Gasteiger partial charge in [-0.15, -0.1) is 10.2 Å². The molecule has 0 unspecified atom stereocenters. The molecule has 3 heteroatoms. The molecule has 0 amide bonds. The van der Waals surface area contributed by atoms with Gasteiger partial charge >= 0.3 is 0 Å². The third kappa shape index (κ3) is 2.13. The molecular formula is C12H13N3. The SMILES string of the molecule is Cc1nnc(C=Cc2ccccc2)n1C. The molecular weight excluding hydrogens is 186 g/mol. The first-order chi connectivity index (χ1) is 7.27. The molecule has 0 fully saturated rings. The van der Waals surface area contributed by atoms with Crippen LogP contribution in [0, 0.1) is 6.92 Å². The summed E-state index contributed by atoms with van der Waals surface area (Å²) in [4.78, 5) is 0. The van der Waals surface area contributed by atoms with E-state index in [-0.39, 0.29) is 0 Å². The van der Waals surface area contributed by atoms with Crippen molar-refractivity contribution in [1.82, 2.24) is 14.8 Å². The second-order valence-electron chi connectivity index (χ2n) is 3.41. The smallest absolute Gasteiger partial charge is 0.156 e. The van der Waals surface area contributed by atoms with Gasteiger partial charge in [-0.25, -0.2) is 0 Å². The van der Waals surface area contributed by atoms with Gasteiger partial charge in [0.1, 0.15) is 5.82 Å². The van der Waals surface area contributed by atoms with Crippen LogP contribution in [-0.4, -0.2) is 14.8 Å². The van der Waals surface area contributed by atoms with E-state index in [4.69, 9.17) is 0 Å². The van der Waals surface area contributed by atoms with Gasteiger partial charge in [0.05, 0.1) is 0 Å². The molecule has 1 aromatic heterocycles. The lowest BCUT2D eigenvalue weighted by molar-refractivity contribution is 0.849. The van der Waals surface area contributed by atoms with Crippen LogP contribution in [0.2, 0.25) is 0 Å². The van der Waals surface area contributed by atoms with Gasteiger partial charge in [-0.2, -0.15) is 0 Å². The van der Waals surface area contributed by atoms with E-state index in [1.165, 1.54) is 0 Å². The van der Waals surface area contributed by atoms with Crippen LogP contribution in [0.25, 0.3) is 12.2 Å². The third-order valence-corrected chi connectivity index (χ3v) is 2.35. The Kier molecular flexibility index (Phi) is 2.63. The lowest BCUT2D eigenvalue weighted by Crippen LogP contribution is -1.93. The minimum atomic E-state index is 0.872. The maximum atomic E-state index is 4.06. The highest BCUT2D eigenvalue weighted by atomic mass is 15.3. The molecule has 0 aliphatic rings. The van der Waals surface area contributed by atoms with Crippen molar-refractivity contribution < 1.29 is 0 Å². The number of hydrogen-bond donors (Lipinski definition) is 0. The lowest BCUT2D eigenvalue weighted by atomic mass is 10.2. The van der Waals surface area contributed by atoms with Gasteiger partial charge in [-0.3, -0.25) is 0 Å². The Morgan fingerprint density at radius 2 is 1.80 bits per heavy atom. The maximum Gasteiger partial charge on any atom is 0.156 e. The van der Waals surface area contributed by atoms with Crippen molar-refractivity contribution in [3.63, 3.8) is 0 Å². The summed E-state index contributed by atoms with van der Waals surface area (Å²) in [6.45, 7) is 1.94. The number of benzene rings is 1. The lowest BCUT2D eigenvalue weighted by Gasteiger charge is -1.95. The molecule has 76 valence electrons. The molecule has 0 bridgehead atoms. The monoisotopic (exact) mass is 199 g/mol. The van der Waals surface area contributed by atoms with Crippen molar-refractivity contribution in [2.45, 2.75) is 6.92 Å². The second kappa shape index (κ2) is 4.09. The van der Waals surface area contributed by atoms with Gasteiger partial charge in [0, 0.05) is 7.05 Å². The van der Waals surface area contributed by atoms with Gasteiger partial charge in [0.15, 0.2) is 5.82 Å². The Morgan fingerprint density at radius 1 is 1.07 bits per heavy atom. The van der Waals surface area contributed by atoms with Gasteiger partial charge in [0.2, 0.25) is 0 Å². The van der Waals surface area contributed by atoms with E-state index in [0.717, 1.165) is 17.2 Å². The highest BCUT2D eigenvalue weighted by Gasteiger charge is 1.99. The number of aryl methyl sites for hydroxylation is 1. The number of rotatable bonds is 2. The summed E-state index contributed by atoms with van der Waals surface area (Å²) < 4.78 is 1.96. The van der Waals surface area contributed by atoms with E-state index in [9.17, 15) is 0 Å². The topological polar surface area (TPSA) is 30.7 Å². The molecule has 0 spiro atoms. The quantitative estimate of drug-likeness (QED) is 0.743. The zero-order valence-corrected chi connectivity index (χ0v) is 8.88. The van der Waals surface area contributed by atoms with Crippen molar-refractivity contribution in [3.8, 4) is 0 Å². The number of aromatic nitrogens is 3. The highest BCUT2D eigenvalue weighted by Crippen LogP contribution is 2.06. The molecule has 15 heavy (non-hydrogen) atoms. The molecule has 3 nitrogen and oxygen atoms in total. The van der Waals surface area contributed by atoms with Crippen LogP contribution in [0.5, 0.6) is 0 Å². The molecule has 0 N–H and O–H groups in total. The van der Waals surface area contributed by atoms with Gasteiger partial charge < -0.3 is 4.57 Å². The third-order valence-electron chi connectivity index (χ3n) is 2.35. The summed E-state index contributed by atoms with van der Waals surface area (Å²) in [7, 11) is 1.96. The Balaban J connectivity index is 2.23. The van der Waals surface area contributed by atoms with E-state index >= 15 is 0 Å². The van der Waals surface area contributed by atoms with Crippen LogP contribution < -0.4 is 0 Å². The zero-order chi connectivity index (χ0) is 10.7. The molecule has 0 aliphatic heterocycles. The molecule has 2 aromatic rings. The fraction of sp³-hybridized carbons (Fsp3) is 0.167. The first kappa shape index (κ1) is 9.65. The summed E-state index contributed by atoms with van der Waals surface area (Å²) >= 11 is 0. The molecule has 1 heterocycles. The molecule has 0 saturated carbocycles. The maximum absolute atomic E-state index is 4.06. The fourth-order valence-electron chi connectivity index (χ4n) is 1.30. The predicted molar refractivity (Wildman–Crippen MR) is 61.1 cm³/mol. The first-order valence-corrected chi connectivity index (χ1v) is 4.86. The Morgan fingerprint density at radius 3 is 2.40 bits per heavy atom. The Hall–Kier alpha value is -1.90. The van der Waals surface area contributed by atoms with Crippen molar-refractivity contribution in [2.75, 3.05) is 0 Å². The average Bonchev–Trinajstić information content (AvgIpc) is 2.59. The summed E-state index contributed by atoms with van der Waals surface area (Å²) in [5.74, 6) is 1.79. The molecule has 2 rings (SSSR count). The second-order valence-corrected chi connectivity index (χ2v) is 3.41. The van der Waals surface area contributed by atoms with E-state index in [0.29, 0.717) is 0 Å². The largest absolute Gasteiger partial charge is 0.315 e. The van der Waals surface area contributed by atoms with Crippen molar-refractivity contribution in [2.24, 2.45) is 7.05 Å². The fourth-order valence-corrected chi connectivity index (χ4v) is 1.30. The molecule has 1 aromatic carbocycles. The van der Waals surface area contributed by atoms with E-state index < -0.39 is 0 Å².